The molecule has 1 unspecified atom stereocenters. The van der Waals surface area contributed by atoms with E-state index in [-0.39, 0.29) is 35.8 Å². The molecular weight excluding hydrogens is 381 g/mol. The molecule has 1 aliphatic heterocycles. The number of carbonyl (C=O) groups is 1. The van der Waals surface area contributed by atoms with Crippen LogP contribution in [-0.4, -0.2) is 80.9 Å². The Kier molecular flexibility index (Phi) is 9.93. The van der Waals surface area contributed by atoms with Gasteiger partial charge >= 0.3 is 0 Å². The molecule has 0 aromatic rings. The fourth-order valence-corrected chi connectivity index (χ4v) is 2.65. The molecule has 1 fully saturated rings. The average molecular weight is 411 g/mol. The van der Waals surface area contributed by atoms with Crippen LogP contribution >= 0.6 is 24.0 Å². The molecule has 0 aromatic heterocycles. The number of piperidine rings is 1. The van der Waals surface area contributed by atoms with Crippen molar-refractivity contribution >= 4 is 35.8 Å². The third-order valence-corrected chi connectivity index (χ3v) is 3.59. The Bertz CT molecular complexity index is 336. The van der Waals surface area contributed by atoms with Crippen LogP contribution < -0.4 is 5.73 Å². The highest BCUT2D eigenvalue weighted by Gasteiger charge is 2.23. The van der Waals surface area contributed by atoms with Gasteiger partial charge in [0.15, 0.2) is 5.96 Å². The van der Waals surface area contributed by atoms with Crippen LogP contribution in [0.3, 0.4) is 0 Å². The number of guanidine groups is 1. The Labute approximate surface area is 145 Å². The maximum atomic E-state index is 11.2. The third-order valence-electron chi connectivity index (χ3n) is 3.59. The van der Waals surface area contributed by atoms with E-state index in [0.29, 0.717) is 0 Å². The number of likely N-dealkylation sites (tertiary alicyclic amines) is 1. The molecule has 0 bridgehead atoms. The number of nitrogens with zero attached hydrogens (tertiary/aromatic N) is 4. The quantitative estimate of drug-likeness (QED) is 0.313. The van der Waals surface area contributed by atoms with Gasteiger partial charge in [-0.3, -0.25) is 9.79 Å². The van der Waals surface area contributed by atoms with E-state index in [1.165, 1.54) is 0 Å². The van der Waals surface area contributed by atoms with Crippen molar-refractivity contribution in [2.75, 3.05) is 54.4 Å². The molecule has 7 heteroatoms. The lowest BCUT2D eigenvalue weighted by Gasteiger charge is -2.31. The zero-order valence-electron chi connectivity index (χ0n) is 13.7. The van der Waals surface area contributed by atoms with Crippen molar-refractivity contribution in [2.24, 2.45) is 16.6 Å². The fourth-order valence-electron chi connectivity index (χ4n) is 2.65. The molecule has 0 aliphatic carbocycles. The van der Waals surface area contributed by atoms with Gasteiger partial charge in [-0.2, -0.15) is 0 Å². The first-order chi connectivity index (χ1) is 9.41. The Morgan fingerprint density at radius 3 is 2.43 bits per heavy atom. The molecular formula is C14H30IN5O. The van der Waals surface area contributed by atoms with E-state index in [1.54, 1.807) is 0 Å². The highest BCUT2D eigenvalue weighted by molar-refractivity contribution is 14.0. The zero-order valence-corrected chi connectivity index (χ0v) is 16.0. The summed E-state index contributed by atoms with van der Waals surface area (Å²) in [6, 6.07) is 0. The number of nitrogens with two attached hydrogens (primary N) is 1. The Morgan fingerprint density at radius 1 is 1.29 bits per heavy atom. The molecule has 1 saturated heterocycles. The molecule has 0 radical (unpaired) electrons. The SMILES string of the molecule is CN(C)C(=NCCCN1CCCC(C(N)=O)C1)N(C)C.I. The van der Waals surface area contributed by atoms with Gasteiger partial charge in [0.1, 0.15) is 0 Å². The second-order valence-electron chi connectivity index (χ2n) is 5.87. The highest BCUT2D eigenvalue weighted by atomic mass is 127. The molecule has 0 aromatic carbocycles. The van der Waals surface area contributed by atoms with Crippen LogP contribution in [0.15, 0.2) is 4.99 Å². The minimum atomic E-state index is -0.157. The van der Waals surface area contributed by atoms with E-state index in [4.69, 9.17) is 5.73 Å². The maximum Gasteiger partial charge on any atom is 0.221 e. The molecule has 0 saturated carbocycles. The Morgan fingerprint density at radius 2 is 1.90 bits per heavy atom. The van der Waals surface area contributed by atoms with Crippen molar-refractivity contribution in [2.45, 2.75) is 19.3 Å². The monoisotopic (exact) mass is 411 g/mol. The molecule has 1 aliphatic rings. The molecule has 124 valence electrons. The molecule has 0 spiro atoms. The third kappa shape index (κ3) is 7.30. The number of primary amides is 1. The number of carbonyl (C=O) groups excluding carboxylic acids is 1. The molecule has 2 N–H and O–H groups in total. The summed E-state index contributed by atoms with van der Waals surface area (Å²) in [5.41, 5.74) is 5.39. The predicted molar refractivity (Wildman–Crippen MR) is 98.1 cm³/mol. The van der Waals surface area contributed by atoms with Crippen LogP contribution in [0, 0.1) is 5.92 Å². The number of aliphatic imine (C=N–C) groups is 1. The van der Waals surface area contributed by atoms with Gasteiger partial charge in [0.05, 0.1) is 5.92 Å². The summed E-state index contributed by atoms with van der Waals surface area (Å²) in [4.78, 5) is 22.2. The number of hydrogen-bond acceptors (Lipinski definition) is 3. The molecule has 1 rings (SSSR count). The van der Waals surface area contributed by atoms with Crippen molar-refractivity contribution in [3.05, 3.63) is 0 Å². The molecule has 1 heterocycles. The summed E-state index contributed by atoms with van der Waals surface area (Å²) < 4.78 is 0. The van der Waals surface area contributed by atoms with Crippen molar-refractivity contribution in [1.82, 2.24) is 14.7 Å². The van der Waals surface area contributed by atoms with E-state index >= 15 is 0 Å². The molecule has 1 atom stereocenters. The summed E-state index contributed by atoms with van der Waals surface area (Å²) in [5.74, 6) is 0.861. The minimum Gasteiger partial charge on any atom is -0.369 e. The van der Waals surface area contributed by atoms with Crippen LogP contribution in [0.5, 0.6) is 0 Å². The average Bonchev–Trinajstić information content (AvgIpc) is 2.37. The van der Waals surface area contributed by atoms with Crippen LogP contribution in [0.4, 0.5) is 0 Å². The zero-order chi connectivity index (χ0) is 15.1. The number of hydrogen-bond donors (Lipinski definition) is 1. The van der Waals surface area contributed by atoms with Crippen molar-refractivity contribution < 1.29 is 4.79 Å². The van der Waals surface area contributed by atoms with E-state index in [9.17, 15) is 4.79 Å². The lowest BCUT2D eigenvalue weighted by atomic mass is 9.97. The summed E-state index contributed by atoms with van der Waals surface area (Å²) in [6.45, 7) is 3.68. The van der Waals surface area contributed by atoms with Gasteiger partial charge in [0, 0.05) is 41.3 Å². The van der Waals surface area contributed by atoms with Crippen molar-refractivity contribution in [3.8, 4) is 0 Å². The molecule has 6 nitrogen and oxygen atoms in total. The van der Waals surface area contributed by atoms with Crippen LogP contribution in [-0.2, 0) is 4.79 Å². The summed E-state index contributed by atoms with van der Waals surface area (Å²) in [7, 11) is 8.00. The van der Waals surface area contributed by atoms with Crippen LogP contribution in [0.2, 0.25) is 0 Å². The maximum absolute atomic E-state index is 11.2. The first kappa shape index (κ1) is 20.4. The first-order valence-corrected chi connectivity index (χ1v) is 7.32. The van der Waals surface area contributed by atoms with Gasteiger partial charge in [-0.1, -0.05) is 0 Å². The highest BCUT2D eigenvalue weighted by Crippen LogP contribution is 2.15. The topological polar surface area (TPSA) is 65.2 Å². The number of amides is 1. The van der Waals surface area contributed by atoms with E-state index in [1.807, 2.05) is 38.0 Å². The first-order valence-electron chi connectivity index (χ1n) is 7.32. The second-order valence-corrected chi connectivity index (χ2v) is 5.87. The van der Waals surface area contributed by atoms with Gasteiger partial charge in [-0.15, -0.1) is 24.0 Å². The van der Waals surface area contributed by atoms with Crippen LogP contribution in [0.1, 0.15) is 19.3 Å². The van der Waals surface area contributed by atoms with Gasteiger partial charge < -0.3 is 20.4 Å². The van der Waals surface area contributed by atoms with Gasteiger partial charge in [0.25, 0.3) is 0 Å². The second kappa shape index (κ2) is 10.2. The summed E-state index contributed by atoms with van der Waals surface area (Å²) in [5, 5.41) is 0. The van der Waals surface area contributed by atoms with E-state index < -0.39 is 0 Å². The van der Waals surface area contributed by atoms with Gasteiger partial charge in [-0.05, 0) is 32.4 Å². The predicted octanol–water partition coefficient (Wildman–Crippen LogP) is 0.671. The number of rotatable bonds is 5. The Balaban J connectivity index is 0.00000400. The normalized spacial score (nSPS) is 18.6. The van der Waals surface area contributed by atoms with Crippen LogP contribution in [0.25, 0.3) is 0 Å². The standard InChI is InChI=1S/C14H29N5O.HI/c1-17(2)14(18(3)4)16-8-6-10-19-9-5-7-12(11-19)13(15)20;/h12H,5-11H2,1-4H3,(H2,15,20);1H. The Hall–Kier alpha value is -0.570. The largest absolute Gasteiger partial charge is 0.369 e. The van der Waals surface area contributed by atoms with E-state index in [0.717, 1.165) is 51.4 Å². The van der Waals surface area contributed by atoms with Gasteiger partial charge in [0.2, 0.25) is 5.91 Å². The van der Waals surface area contributed by atoms with Crippen molar-refractivity contribution in [1.29, 1.82) is 0 Å². The summed E-state index contributed by atoms with van der Waals surface area (Å²) >= 11 is 0. The van der Waals surface area contributed by atoms with Gasteiger partial charge in [-0.25, -0.2) is 0 Å². The fraction of sp³-hybridized carbons (Fsp3) is 0.857. The summed E-state index contributed by atoms with van der Waals surface area (Å²) in [6.07, 6.45) is 3.02. The van der Waals surface area contributed by atoms with Crippen molar-refractivity contribution in [3.63, 3.8) is 0 Å². The lowest BCUT2D eigenvalue weighted by Crippen LogP contribution is -2.41. The smallest absolute Gasteiger partial charge is 0.221 e. The lowest BCUT2D eigenvalue weighted by molar-refractivity contribution is -0.123. The van der Waals surface area contributed by atoms with E-state index in [2.05, 4.69) is 9.89 Å². The molecule has 21 heavy (non-hydrogen) atoms. The minimum absolute atomic E-state index is 0. The number of halogens is 1. The molecule has 1 amide bonds.